The lowest BCUT2D eigenvalue weighted by atomic mass is 10.1. The second-order valence-electron chi connectivity index (χ2n) is 6.84. The van der Waals surface area contributed by atoms with Crippen LogP contribution >= 0.6 is 0 Å². The van der Waals surface area contributed by atoms with Crippen LogP contribution in [0.1, 0.15) is 11.1 Å². The summed E-state index contributed by atoms with van der Waals surface area (Å²) in [5, 5.41) is 0. The summed E-state index contributed by atoms with van der Waals surface area (Å²) in [5.74, 6) is 0.237. The van der Waals surface area contributed by atoms with Crippen molar-refractivity contribution in [3.8, 4) is 0 Å². The van der Waals surface area contributed by atoms with Gasteiger partial charge in [-0.25, -0.2) is 0 Å². The molecule has 3 heteroatoms. The Bertz CT molecular complexity index is 841. The summed E-state index contributed by atoms with van der Waals surface area (Å²) in [5.41, 5.74) is 5.28. The highest BCUT2D eigenvalue weighted by Gasteiger charge is 2.42. The summed E-state index contributed by atoms with van der Waals surface area (Å²) in [6.45, 7) is 1.93. The number of fused-ring (bicyclic) bond motifs is 2. The molecule has 2 aliphatic heterocycles. The van der Waals surface area contributed by atoms with Gasteiger partial charge in [-0.15, -0.1) is 0 Å². The molecule has 0 fully saturated rings. The Morgan fingerprint density at radius 1 is 0.792 bits per heavy atom. The molecular formula is C21H20N2O. The number of hydrogen-bond acceptors (Lipinski definition) is 3. The van der Waals surface area contributed by atoms with Crippen LogP contribution in [0.5, 0.6) is 0 Å². The van der Waals surface area contributed by atoms with Gasteiger partial charge >= 0.3 is 0 Å². The topological polar surface area (TPSA) is 23.6 Å². The van der Waals surface area contributed by atoms with Crippen molar-refractivity contribution < 1.29 is 4.79 Å². The fraction of sp³-hybridized carbons (Fsp3) is 0.286. The van der Waals surface area contributed by atoms with E-state index in [1.807, 2.05) is 0 Å². The second-order valence-corrected chi connectivity index (χ2v) is 6.84. The van der Waals surface area contributed by atoms with E-state index in [1.54, 1.807) is 6.08 Å². The molecule has 0 radical (unpaired) electrons. The molecule has 1 aliphatic carbocycles. The van der Waals surface area contributed by atoms with Crippen LogP contribution in [0, 0.1) is 0 Å². The lowest BCUT2D eigenvalue weighted by Crippen LogP contribution is -2.51. The van der Waals surface area contributed by atoms with Crippen molar-refractivity contribution in [2.45, 2.75) is 24.9 Å². The zero-order chi connectivity index (χ0) is 16.1. The van der Waals surface area contributed by atoms with E-state index in [0.717, 1.165) is 25.9 Å². The van der Waals surface area contributed by atoms with Gasteiger partial charge < -0.3 is 9.80 Å². The highest BCUT2D eigenvalue weighted by molar-refractivity contribution is 6.01. The molecule has 0 saturated heterocycles. The van der Waals surface area contributed by atoms with Gasteiger partial charge in [-0.1, -0.05) is 42.5 Å². The van der Waals surface area contributed by atoms with Crippen LogP contribution in [0.15, 0.2) is 60.7 Å². The van der Waals surface area contributed by atoms with Gasteiger partial charge in [0.05, 0.1) is 6.04 Å². The van der Waals surface area contributed by atoms with Crippen LogP contribution in [0.2, 0.25) is 0 Å². The monoisotopic (exact) mass is 316 g/mol. The number of carbonyl (C=O) groups is 1. The van der Waals surface area contributed by atoms with Crippen molar-refractivity contribution in [2.75, 3.05) is 22.9 Å². The van der Waals surface area contributed by atoms with E-state index in [0.29, 0.717) is 0 Å². The molecular weight excluding hydrogens is 296 g/mol. The average molecular weight is 316 g/mol. The molecule has 0 saturated carbocycles. The number of ketones is 1. The van der Waals surface area contributed by atoms with Crippen LogP contribution in [-0.2, 0) is 17.6 Å². The largest absolute Gasteiger partial charge is 0.362 e. The van der Waals surface area contributed by atoms with Crippen molar-refractivity contribution in [3.05, 3.63) is 71.8 Å². The van der Waals surface area contributed by atoms with E-state index >= 15 is 0 Å². The lowest BCUT2D eigenvalue weighted by Gasteiger charge is -2.36. The van der Waals surface area contributed by atoms with E-state index in [2.05, 4.69) is 64.4 Å². The molecule has 2 atom stereocenters. The maximum atomic E-state index is 12.7. The molecule has 0 aromatic heterocycles. The Morgan fingerprint density at radius 2 is 1.38 bits per heavy atom. The summed E-state index contributed by atoms with van der Waals surface area (Å²) < 4.78 is 0. The predicted molar refractivity (Wildman–Crippen MR) is 96.7 cm³/mol. The summed E-state index contributed by atoms with van der Waals surface area (Å²) in [6.07, 6.45) is 5.99. The van der Waals surface area contributed by atoms with Crippen molar-refractivity contribution in [1.29, 1.82) is 0 Å². The molecule has 3 nitrogen and oxygen atoms in total. The Labute approximate surface area is 142 Å². The normalized spacial score (nSPS) is 24.6. The molecule has 5 rings (SSSR count). The molecule has 0 unspecified atom stereocenters. The van der Waals surface area contributed by atoms with Crippen molar-refractivity contribution in [1.82, 2.24) is 0 Å². The third kappa shape index (κ3) is 1.94. The minimum atomic E-state index is -0.0974. The van der Waals surface area contributed by atoms with E-state index in [-0.39, 0.29) is 17.9 Å². The smallest absolute Gasteiger partial charge is 0.180 e. The quantitative estimate of drug-likeness (QED) is 0.851. The summed E-state index contributed by atoms with van der Waals surface area (Å²) in [4.78, 5) is 17.4. The van der Waals surface area contributed by atoms with Crippen molar-refractivity contribution in [2.24, 2.45) is 0 Å². The number of nitrogens with zero attached hydrogens (tertiary/aromatic N) is 2. The molecule has 3 aliphatic rings. The molecule has 0 bridgehead atoms. The zero-order valence-electron chi connectivity index (χ0n) is 13.6. The molecule has 0 amide bonds. The molecule has 2 aromatic rings. The van der Waals surface area contributed by atoms with E-state index in [1.165, 1.54) is 22.5 Å². The predicted octanol–water partition coefficient (Wildman–Crippen LogP) is 2.99. The Balaban J connectivity index is 1.52. The first-order valence-corrected chi connectivity index (χ1v) is 8.74. The Morgan fingerprint density at radius 3 is 2.08 bits per heavy atom. The van der Waals surface area contributed by atoms with Gasteiger partial charge in [0.25, 0.3) is 0 Å². The fourth-order valence-electron chi connectivity index (χ4n) is 4.50. The third-order valence-electron chi connectivity index (χ3n) is 5.61. The highest BCUT2D eigenvalue weighted by atomic mass is 16.1. The van der Waals surface area contributed by atoms with Gasteiger partial charge in [0.15, 0.2) is 5.78 Å². The van der Waals surface area contributed by atoms with Crippen LogP contribution in [-0.4, -0.2) is 31.0 Å². The first-order valence-electron chi connectivity index (χ1n) is 8.74. The van der Waals surface area contributed by atoms with E-state index in [4.69, 9.17) is 0 Å². The molecule has 0 N–H and O–H groups in total. The summed E-state index contributed by atoms with van der Waals surface area (Å²) in [6, 6.07) is 17.1. The van der Waals surface area contributed by atoms with Gasteiger partial charge in [-0.2, -0.15) is 0 Å². The third-order valence-corrected chi connectivity index (χ3v) is 5.61. The molecule has 120 valence electrons. The van der Waals surface area contributed by atoms with Gasteiger partial charge in [-0.05, 0) is 42.2 Å². The first-order chi connectivity index (χ1) is 11.8. The van der Waals surface area contributed by atoms with Crippen molar-refractivity contribution in [3.63, 3.8) is 0 Å². The van der Waals surface area contributed by atoms with E-state index < -0.39 is 0 Å². The molecule has 0 spiro atoms. The SMILES string of the molecule is O=C1C=C[C@@H](N2CCc3ccccc32)[C@@H]1N1CCc2ccccc21. The number of para-hydroxylation sites is 2. The Hall–Kier alpha value is -2.55. The number of benzene rings is 2. The number of hydrogen-bond donors (Lipinski definition) is 0. The maximum Gasteiger partial charge on any atom is 0.180 e. The van der Waals surface area contributed by atoms with Gasteiger partial charge in [-0.3, -0.25) is 4.79 Å². The van der Waals surface area contributed by atoms with Crippen molar-refractivity contribution >= 4 is 17.2 Å². The molecule has 2 heterocycles. The summed E-state index contributed by atoms with van der Waals surface area (Å²) in [7, 11) is 0. The minimum absolute atomic E-state index is 0.0974. The second kappa shape index (κ2) is 5.23. The standard InChI is InChI=1S/C21H20N2O/c24-20-10-9-19(22-13-11-15-5-1-3-7-17(15)22)21(20)23-14-12-16-6-2-4-8-18(16)23/h1-10,19,21H,11-14H2/t19-,21+/m1/s1. The maximum absolute atomic E-state index is 12.7. The Kier molecular flexibility index (Phi) is 3.02. The first kappa shape index (κ1) is 13.8. The van der Waals surface area contributed by atoms with Crippen LogP contribution in [0.4, 0.5) is 11.4 Å². The van der Waals surface area contributed by atoms with Gasteiger partial charge in [0, 0.05) is 24.5 Å². The average Bonchev–Trinajstić information content (AvgIpc) is 3.31. The lowest BCUT2D eigenvalue weighted by molar-refractivity contribution is -0.115. The number of carbonyl (C=O) groups excluding carboxylic acids is 1. The van der Waals surface area contributed by atoms with Gasteiger partial charge in [0.2, 0.25) is 0 Å². The minimum Gasteiger partial charge on any atom is -0.362 e. The highest BCUT2D eigenvalue weighted by Crippen LogP contribution is 2.37. The van der Waals surface area contributed by atoms with Gasteiger partial charge in [0.1, 0.15) is 6.04 Å². The van der Waals surface area contributed by atoms with Crippen LogP contribution in [0.3, 0.4) is 0 Å². The summed E-state index contributed by atoms with van der Waals surface area (Å²) >= 11 is 0. The molecule has 24 heavy (non-hydrogen) atoms. The zero-order valence-corrected chi connectivity index (χ0v) is 13.6. The number of anilines is 2. The number of rotatable bonds is 2. The molecule has 2 aromatic carbocycles. The van der Waals surface area contributed by atoms with Crippen LogP contribution in [0.25, 0.3) is 0 Å². The van der Waals surface area contributed by atoms with Crippen LogP contribution < -0.4 is 9.80 Å². The van der Waals surface area contributed by atoms with E-state index in [9.17, 15) is 4.79 Å². The fourth-order valence-corrected chi connectivity index (χ4v) is 4.50.